The van der Waals surface area contributed by atoms with Gasteiger partial charge in [-0.3, -0.25) is 4.90 Å². The molecule has 0 atom stereocenters. The van der Waals surface area contributed by atoms with E-state index in [4.69, 9.17) is 0 Å². The fraction of sp³-hybridized carbons (Fsp3) is 0.412. The van der Waals surface area contributed by atoms with Crippen LogP contribution in [-0.2, 0) is 13.1 Å². The summed E-state index contributed by atoms with van der Waals surface area (Å²) in [6.07, 6.45) is 0. The number of rotatable bonds is 4. The zero-order chi connectivity index (χ0) is 16.9. The Bertz CT molecular complexity index is 680. The number of hydrogen-bond acceptors (Lipinski definition) is 4. The average Bonchev–Trinajstić information content (AvgIpc) is 2.99. The number of thiazole rings is 1. The number of piperazine rings is 1. The van der Waals surface area contributed by atoms with Crippen LogP contribution in [0, 0.1) is 12.7 Å². The fourth-order valence-corrected chi connectivity index (χ4v) is 3.31. The van der Waals surface area contributed by atoms with Crippen molar-refractivity contribution in [3.8, 4) is 0 Å². The van der Waals surface area contributed by atoms with Crippen LogP contribution in [0.15, 0.2) is 29.6 Å². The summed E-state index contributed by atoms with van der Waals surface area (Å²) in [6, 6.07) is 6.11. The van der Waals surface area contributed by atoms with Crippen LogP contribution in [0.1, 0.15) is 16.3 Å². The van der Waals surface area contributed by atoms with Gasteiger partial charge >= 0.3 is 6.03 Å². The highest BCUT2D eigenvalue weighted by Gasteiger charge is 2.21. The molecule has 3 rings (SSSR count). The fourth-order valence-electron chi connectivity index (χ4n) is 2.71. The van der Waals surface area contributed by atoms with Gasteiger partial charge < -0.3 is 10.2 Å². The lowest BCUT2D eigenvalue weighted by atomic mass is 10.2. The van der Waals surface area contributed by atoms with Crippen LogP contribution in [-0.4, -0.2) is 47.0 Å². The largest absolute Gasteiger partial charge is 0.334 e. The minimum Gasteiger partial charge on any atom is -0.334 e. The highest BCUT2D eigenvalue weighted by atomic mass is 32.1. The number of amides is 2. The molecule has 2 heterocycles. The minimum absolute atomic E-state index is 0.0662. The predicted molar refractivity (Wildman–Crippen MR) is 92.3 cm³/mol. The highest BCUT2D eigenvalue weighted by Crippen LogP contribution is 2.12. The molecule has 1 aromatic heterocycles. The lowest BCUT2D eigenvalue weighted by Gasteiger charge is -2.34. The number of aryl methyl sites for hydroxylation is 1. The van der Waals surface area contributed by atoms with Crippen molar-refractivity contribution in [2.24, 2.45) is 0 Å². The van der Waals surface area contributed by atoms with Crippen molar-refractivity contribution in [2.45, 2.75) is 20.0 Å². The maximum atomic E-state index is 12.9. The Balaban J connectivity index is 1.42. The van der Waals surface area contributed by atoms with Gasteiger partial charge in [-0.1, -0.05) is 12.1 Å². The highest BCUT2D eigenvalue weighted by molar-refractivity contribution is 7.09. The lowest BCUT2D eigenvalue weighted by Crippen LogP contribution is -2.51. The summed E-state index contributed by atoms with van der Waals surface area (Å²) >= 11 is 1.67. The van der Waals surface area contributed by atoms with Gasteiger partial charge in [0, 0.05) is 44.6 Å². The Labute approximate surface area is 145 Å². The normalized spacial score (nSPS) is 15.5. The van der Waals surface area contributed by atoms with E-state index in [9.17, 15) is 9.18 Å². The van der Waals surface area contributed by atoms with E-state index < -0.39 is 0 Å². The molecular weight excluding hydrogens is 327 g/mol. The first-order valence-corrected chi connectivity index (χ1v) is 8.89. The average molecular weight is 348 g/mol. The van der Waals surface area contributed by atoms with Gasteiger partial charge in [-0.05, 0) is 24.6 Å². The smallest absolute Gasteiger partial charge is 0.317 e. The summed E-state index contributed by atoms with van der Waals surface area (Å²) in [5, 5.41) is 6.07. The van der Waals surface area contributed by atoms with Gasteiger partial charge in [-0.25, -0.2) is 14.2 Å². The number of hydrogen-bond donors (Lipinski definition) is 1. The number of aromatic nitrogens is 1. The summed E-state index contributed by atoms with van der Waals surface area (Å²) in [4.78, 5) is 20.8. The molecule has 0 aliphatic carbocycles. The summed E-state index contributed by atoms with van der Waals surface area (Å²) in [7, 11) is 0. The Kier molecular flexibility index (Phi) is 5.42. The van der Waals surface area contributed by atoms with Crippen molar-refractivity contribution in [3.05, 3.63) is 51.7 Å². The van der Waals surface area contributed by atoms with Gasteiger partial charge in [0.25, 0.3) is 0 Å². The topological polar surface area (TPSA) is 48.5 Å². The molecule has 0 bridgehead atoms. The number of benzene rings is 1. The maximum absolute atomic E-state index is 12.9. The van der Waals surface area contributed by atoms with Gasteiger partial charge in [0.15, 0.2) is 0 Å². The Morgan fingerprint density at radius 2 is 1.96 bits per heavy atom. The van der Waals surface area contributed by atoms with Crippen LogP contribution >= 0.6 is 11.3 Å². The first-order valence-electron chi connectivity index (χ1n) is 8.01. The first-order chi connectivity index (χ1) is 11.6. The molecule has 1 saturated heterocycles. The number of carbonyl (C=O) groups excluding carboxylic acids is 1. The van der Waals surface area contributed by atoms with Gasteiger partial charge in [-0.15, -0.1) is 11.3 Å². The molecule has 1 aromatic carbocycles. The summed E-state index contributed by atoms with van der Waals surface area (Å²) in [6.45, 7) is 6.38. The van der Waals surface area contributed by atoms with E-state index >= 15 is 0 Å². The Morgan fingerprint density at radius 3 is 2.58 bits per heavy atom. The minimum atomic E-state index is -0.267. The molecule has 2 amide bonds. The van der Waals surface area contributed by atoms with Crippen LogP contribution in [0.2, 0.25) is 0 Å². The Hall–Kier alpha value is -1.99. The molecule has 0 spiro atoms. The predicted octanol–water partition coefficient (Wildman–Crippen LogP) is 2.62. The van der Waals surface area contributed by atoms with Crippen molar-refractivity contribution in [3.63, 3.8) is 0 Å². The summed E-state index contributed by atoms with van der Waals surface area (Å²) in [5.74, 6) is -0.267. The van der Waals surface area contributed by atoms with E-state index in [-0.39, 0.29) is 11.8 Å². The molecule has 2 aromatic rings. The molecule has 0 saturated carbocycles. The van der Waals surface area contributed by atoms with E-state index in [0.29, 0.717) is 19.6 Å². The number of carbonyl (C=O) groups is 1. The van der Waals surface area contributed by atoms with Crippen molar-refractivity contribution in [2.75, 3.05) is 26.2 Å². The molecule has 1 fully saturated rings. The lowest BCUT2D eigenvalue weighted by molar-refractivity contribution is 0.134. The van der Waals surface area contributed by atoms with Gasteiger partial charge in [0.05, 0.1) is 10.7 Å². The second kappa shape index (κ2) is 7.72. The summed E-state index contributed by atoms with van der Waals surface area (Å²) in [5.41, 5.74) is 1.99. The van der Waals surface area contributed by atoms with Crippen molar-refractivity contribution < 1.29 is 9.18 Å². The Morgan fingerprint density at radius 1 is 1.25 bits per heavy atom. The molecule has 1 aliphatic rings. The molecule has 1 aliphatic heterocycles. The van der Waals surface area contributed by atoms with E-state index in [0.717, 1.165) is 35.9 Å². The van der Waals surface area contributed by atoms with Crippen LogP contribution in [0.3, 0.4) is 0 Å². The van der Waals surface area contributed by atoms with Crippen LogP contribution in [0.4, 0.5) is 9.18 Å². The zero-order valence-electron chi connectivity index (χ0n) is 13.7. The molecule has 1 N–H and O–H groups in total. The zero-order valence-corrected chi connectivity index (χ0v) is 14.5. The summed E-state index contributed by atoms with van der Waals surface area (Å²) < 4.78 is 12.9. The third-order valence-electron chi connectivity index (χ3n) is 4.07. The van der Waals surface area contributed by atoms with Gasteiger partial charge in [0.2, 0.25) is 0 Å². The van der Waals surface area contributed by atoms with Crippen molar-refractivity contribution in [1.82, 2.24) is 20.1 Å². The molecule has 24 heavy (non-hydrogen) atoms. The van der Waals surface area contributed by atoms with Crippen LogP contribution < -0.4 is 5.32 Å². The molecule has 128 valence electrons. The first kappa shape index (κ1) is 16.9. The monoisotopic (exact) mass is 348 g/mol. The van der Waals surface area contributed by atoms with E-state index in [1.165, 1.54) is 12.1 Å². The second-order valence-corrected chi connectivity index (χ2v) is 6.97. The standard InChI is InChI=1S/C17H21FN4OS/c1-13-20-16(12-24-13)11-21-6-8-22(9-7-21)17(23)19-10-14-2-4-15(18)5-3-14/h2-5,12H,6-11H2,1H3,(H,19,23). The van der Waals surface area contributed by atoms with Crippen LogP contribution in [0.5, 0.6) is 0 Å². The quantitative estimate of drug-likeness (QED) is 0.924. The van der Waals surface area contributed by atoms with E-state index in [1.807, 2.05) is 11.8 Å². The van der Waals surface area contributed by atoms with E-state index in [2.05, 4.69) is 20.6 Å². The SMILES string of the molecule is Cc1nc(CN2CCN(C(=O)NCc3ccc(F)cc3)CC2)cs1. The second-order valence-electron chi connectivity index (χ2n) is 5.91. The number of urea groups is 1. The molecular formula is C17H21FN4OS. The molecule has 7 heteroatoms. The maximum Gasteiger partial charge on any atom is 0.317 e. The van der Waals surface area contributed by atoms with E-state index in [1.54, 1.807) is 23.5 Å². The van der Waals surface area contributed by atoms with Gasteiger partial charge in [-0.2, -0.15) is 0 Å². The third-order valence-corrected chi connectivity index (χ3v) is 4.89. The number of halogens is 1. The van der Waals surface area contributed by atoms with Crippen molar-refractivity contribution in [1.29, 1.82) is 0 Å². The van der Waals surface area contributed by atoms with Crippen LogP contribution in [0.25, 0.3) is 0 Å². The van der Waals surface area contributed by atoms with Gasteiger partial charge in [0.1, 0.15) is 5.82 Å². The third kappa shape index (κ3) is 4.52. The molecule has 5 nitrogen and oxygen atoms in total. The van der Waals surface area contributed by atoms with Crippen molar-refractivity contribution >= 4 is 17.4 Å². The number of nitrogens with zero attached hydrogens (tertiary/aromatic N) is 3. The number of nitrogens with one attached hydrogen (secondary N) is 1. The molecule has 0 radical (unpaired) electrons. The molecule has 0 unspecified atom stereocenters.